The summed E-state index contributed by atoms with van der Waals surface area (Å²) < 4.78 is 22.9. The van der Waals surface area contributed by atoms with E-state index in [1.165, 1.54) is 6.26 Å². The summed E-state index contributed by atoms with van der Waals surface area (Å²) in [5.74, 6) is 0. The van der Waals surface area contributed by atoms with Gasteiger partial charge in [0.25, 0.3) is 0 Å². The first-order valence-electron chi connectivity index (χ1n) is 6.64. The van der Waals surface area contributed by atoms with E-state index in [9.17, 15) is 8.42 Å². The zero-order valence-electron chi connectivity index (χ0n) is 12.4. The summed E-state index contributed by atoms with van der Waals surface area (Å²) in [5.41, 5.74) is 1.00. The molecule has 1 aromatic rings. The van der Waals surface area contributed by atoms with Gasteiger partial charge in [0.2, 0.25) is 0 Å². The molecule has 0 saturated carbocycles. The van der Waals surface area contributed by atoms with Gasteiger partial charge in [-0.25, -0.2) is 8.42 Å². The van der Waals surface area contributed by atoms with Gasteiger partial charge in [0.1, 0.15) is 0 Å². The van der Waals surface area contributed by atoms with E-state index in [-0.39, 0.29) is 30.9 Å². The number of hydrogen-bond donors (Lipinski definition) is 1. The zero-order chi connectivity index (χ0) is 14.6. The van der Waals surface area contributed by atoms with Crippen LogP contribution in [-0.4, -0.2) is 45.8 Å². The Morgan fingerprint density at radius 1 is 1.23 bits per heavy atom. The second kappa shape index (κ2) is 9.33. The molecular formula is C14H21Cl2N3O2S. The summed E-state index contributed by atoms with van der Waals surface area (Å²) in [5, 5.41) is 12.3. The molecule has 2 rings (SSSR count). The maximum Gasteiger partial charge on any atom is 0.175 e. The van der Waals surface area contributed by atoms with Crippen LogP contribution >= 0.6 is 24.8 Å². The fourth-order valence-electron chi connectivity index (χ4n) is 2.48. The molecule has 0 amide bonds. The SMILES string of the molecule is CS(=O)(=O)c1ccc([C@H](CC#N)N2CCNCC2)cc1.Cl.Cl. The number of nitriles is 1. The highest BCUT2D eigenvalue weighted by molar-refractivity contribution is 7.90. The molecule has 1 aliphatic rings. The number of nitrogens with one attached hydrogen (secondary N) is 1. The van der Waals surface area contributed by atoms with Crippen LogP contribution in [0.4, 0.5) is 0 Å². The fourth-order valence-corrected chi connectivity index (χ4v) is 3.11. The van der Waals surface area contributed by atoms with Crippen LogP contribution in [0.15, 0.2) is 29.2 Å². The van der Waals surface area contributed by atoms with E-state index >= 15 is 0 Å². The topological polar surface area (TPSA) is 73.2 Å². The summed E-state index contributed by atoms with van der Waals surface area (Å²) in [6, 6.07) is 9.15. The van der Waals surface area contributed by atoms with Crippen LogP contribution in [0.5, 0.6) is 0 Å². The zero-order valence-corrected chi connectivity index (χ0v) is 14.8. The molecule has 22 heavy (non-hydrogen) atoms. The van der Waals surface area contributed by atoms with Gasteiger partial charge < -0.3 is 5.32 Å². The lowest BCUT2D eigenvalue weighted by Gasteiger charge is -2.34. The monoisotopic (exact) mass is 365 g/mol. The molecular weight excluding hydrogens is 345 g/mol. The minimum atomic E-state index is -3.17. The second-order valence-corrected chi connectivity index (χ2v) is 7.02. The molecule has 0 aromatic heterocycles. The van der Waals surface area contributed by atoms with Gasteiger partial charge in [0.05, 0.1) is 17.4 Å². The minimum Gasteiger partial charge on any atom is -0.314 e. The smallest absolute Gasteiger partial charge is 0.175 e. The first kappa shape index (κ1) is 21.2. The quantitative estimate of drug-likeness (QED) is 0.880. The number of benzene rings is 1. The van der Waals surface area contributed by atoms with Gasteiger partial charge in [-0.15, -0.1) is 24.8 Å². The van der Waals surface area contributed by atoms with E-state index in [4.69, 9.17) is 5.26 Å². The third-order valence-corrected chi connectivity index (χ3v) is 4.70. The van der Waals surface area contributed by atoms with Gasteiger partial charge in [-0.2, -0.15) is 5.26 Å². The van der Waals surface area contributed by atoms with Crippen molar-refractivity contribution < 1.29 is 8.42 Å². The van der Waals surface area contributed by atoms with E-state index in [0.29, 0.717) is 11.3 Å². The molecule has 5 nitrogen and oxygen atoms in total. The highest BCUT2D eigenvalue weighted by Gasteiger charge is 2.22. The number of hydrogen-bond acceptors (Lipinski definition) is 5. The van der Waals surface area contributed by atoms with Crippen molar-refractivity contribution in [2.24, 2.45) is 0 Å². The van der Waals surface area contributed by atoms with Crippen LogP contribution in [0.25, 0.3) is 0 Å². The number of halogens is 2. The summed E-state index contributed by atoms with van der Waals surface area (Å²) in [7, 11) is -3.17. The fraction of sp³-hybridized carbons (Fsp3) is 0.500. The molecule has 1 N–H and O–H groups in total. The van der Waals surface area contributed by atoms with Gasteiger partial charge in [-0.05, 0) is 17.7 Å². The molecule has 1 saturated heterocycles. The van der Waals surface area contributed by atoms with Crippen molar-refractivity contribution in [2.75, 3.05) is 32.4 Å². The van der Waals surface area contributed by atoms with E-state index in [1.54, 1.807) is 12.1 Å². The number of nitrogens with zero attached hydrogens (tertiary/aromatic N) is 2. The van der Waals surface area contributed by atoms with Crippen LogP contribution in [0, 0.1) is 11.3 Å². The summed E-state index contributed by atoms with van der Waals surface area (Å²) in [6.45, 7) is 3.65. The Bertz CT molecular complexity index is 594. The normalized spacial score (nSPS) is 16.7. The van der Waals surface area contributed by atoms with Crippen molar-refractivity contribution in [3.63, 3.8) is 0 Å². The summed E-state index contributed by atoms with van der Waals surface area (Å²) in [4.78, 5) is 2.59. The first-order valence-corrected chi connectivity index (χ1v) is 8.53. The van der Waals surface area contributed by atoms with Gasteiger partial charge in [-0.3, -0.25) is 4.90 Å². The Hall–Kier alpha value is -0.840. The Kier molecular flexibility index (Phi) is 8.98. The molecule has 1 aliphatic heterocycles. The molecule has 1 fully saturated rings. The van der Waals surface area contributed by atoms with Gasteiger partial charge >= 0.3 is 0 Å². The molecule has 0 radical (unpaired) electrons. The standard InChI is InChI=1S/C14H19N3O2S.2ClH/c1-20(18,19)13-4-2-12(3-5-13)14(6-7-15)17-10-8-16-9-11-17;;/h2-5,14,16H,6,8-11H2,1H3;2*1H/t14-;;/m0../s1. The van der Waals surface area contributed by atoms with Gasteiger partial charge in [0.15, 0.2) is 9.84 Å². The Balaban J connectivity index is 0.00000220. The lowest BCUT2D eigenvalue weighted by Crippen LogP contribution is -2.45. The first-order chi connectivity index (χ1) is 9.52. The van der Waals surface area contributed by atoms with Crippen LogP contribution in [-0.2, 0) is 9.84 Å². The molecule has 0 spiro atoms. The Labute approximate surface area is 144 Å². The largest absolute Gasteiger partial charge is 0.314 e. The highest BCUT2D eigenvalue weighted by atomic mass is 35.5. The molecule has 1 heterocycles. The summed E-state index contributed by atoms with van der Waals surface area (Å²) >= 11 is 0. The number of piperazine rings is 1. The van der Waals surface area contributed by atoms with Crippen molar-refractivity contribution in [2.45, 2.75) is 17.4 Å². The maximum absolute atomic E-state index is 11.5. The van der Waals surface area contributed by atoms with Crippen molar-refractivity contribution >= 4 is 34.7 Å². The van der Waals surface area contributed by atoms with E-state index in [0.717, 1.165) is 31.7 Å². The lowest BCUT2D eigenvalue weighted by molar-refractivity contribution is 0.175. The van der Waals surface area contributed by atoms with Gasteiger partial charge in [-0.1, -0.05) is 12.1 Å². The molecule has 124 valence electrons. The van der Waals surface area contributed by atoms with Crippen molar-refractivity contribution in [1.29, 1.82) is 5.26 Å². The van der Waals surface area contributed by atoms with Crippen molar-refractivity contribution in [3.05, 3.63) is 29.8 Å². The maximum atomic E-state index is 11.5. The van der Waals surface area contributed by atoms with Crippen LogP contribution in [0.2, 0.25) is 0 Å². The average Bonchev–Trinajstić information content (AvgIpc) is 2.45. The summed E-state index contributed by atoms with van der Waals surface area (Å²) in [6.07, 6.45) is 1.61. The lowest BCUT2D eigenvalue weighted by atomic mass is 10.0. The molecule has 1 atom stereocenters. The van der Waals surface area contributed by atoms with Crippen molar-refractivity contribution in [3.8, 4) is 6.07 Å². The molecule has 0 unspecified atom stereocenters. The van der Waals surface area contributed by atoms with Crippen molar-refractivity contribution in [1.82, 2.24) is 10.2 Å². The van der Waals surface area contributed by atoms with E-state index in [2.05, 4.69) is 16.3 Å². The molecule has 0 aliphatic carbocycles. The van der Waals surface area contributed by atoms with Crippen LogP contribution in [0.3, 0.4) is 0 Å². The Morgan fingerprint density at radius 2 is 1.77 bits per heavy atom. The third kappa shape index (κ3) is 5.41. The predicted octanol–water partition coefficient (Wildman–Crippen LogP) is 1.79. The van der Waals surface area contributed by atoms with Gasteiger partial charge in [0, 0.05) is 38.5 Å². The Morgan fingerprint density at radius 3 is 2.23 bits per heavy atom. The second-order valence-electron chi connectivity index (χ2n) is 5.01. The predicted molar refractivity (Wildman–Crippen MR) is 91.5 cm³/mol. The third-order valence-electron chi connectivity index (χ3n) is 3.57. The molecule has 8 heteroatoms. The average molecular weight is 366 g/mol. The van der Waals surface area contributed by atoms with Crippen LogP contribution < -0.4 is 5.32 Å². The molecule has 1 aromatic carbocycles. The molecule has 0 bridgehead atoms. The van der Waals surface area contributed by atoms with Crippen LogP contribution in [0.1, 0.15) is 18.0 Å². The number of rotatable bonds is 4. The minimum absolute atomic E-state index is 0. The van der Waals surface area contributed by atoms with E-state index < -0.39 is 9.84 Å². The van der Waals surface area contributed by atoms with E-state index in [1.807, 2.05) is 12.1 Å². The number of sulfone groups is 1. The highest BCUT2D eigenvalue weighted by Crippen LogP contribution is 2.25.